The topological polar surface area (TPSA) is 38.5 Å². The van der Waals surface area contributed by atoms with Gasteiger partial charge in [-0.1, -0.05) is 25.5 Å². The van der Waals surface area contributed by atoms with Crippen LogP contribution in [0.15, 0.2) is 18.2 Å². The lowest BCUT2D eigenvalue weighted by Gasteiger charge is -2.36. The molecule has 2 aliphatic rings. The molecule has 1 aromatic carbocycles. The molecule has 0 bridgehead atoms. The zero-order valence-electron chi connectivity index (χ0n) is 12.5. The van der Waals surface area contributed by atoms with Crippen LogP contribution >= 0.6 is 0 Å². The summed E-state index contributed by atoms with van der Waals surface area (Å²) < 4.78 is 5.60. The monoisotopic (exact) mass is 274 g/mol. The third-order valence-corrected chi connectivity index (χ3v) is 4.89. The maximum absolute atomic E-state index is 6.09. The van der Waals surface area contributed by atoms with Gasteiger partial charge < -0.3 is 10.5 Å². The number of nitrogens with two attached hydrogens (primary N) is 1. The van der Waals surface area contributed by atoms with Crippen LogP contribution in [0, 0.1) is 5.92 Å². The van der Waals surface area contributed by atoms with Crippen LogP contribution in [0.2, 0.25) is 0 Å². The van der Waals surface area contributed by atoms with Crippen LogP contribution < -0.4 is 10.5 Å². The minimum Gasteiger partial charge on any atom is -0.493 e. The highest BCUT2D eigenvalue weighted by Gasteiger charge is 2.25. The van der Waals surface area contributed by atoms with Crippen molar-refractivity contribution in [2.24, 2.45) is 11.7 Å². The zero-order valence-corrected chi connectivity index (χ0v) is 12.5. The molecule has 1 aromatic rings. The van der Waals surface area contributed by atoms with Gasteiger partial charge in [0.05, 0.1) is 6.61 Å². The zero-order chi connectivity index (χ0) is 13.9. The fraction of sp³-hybridized carbons (Fsp3) is 0.647. The third kappa shape index (κ3) is 2.70. The summed E-state index contributed by atoms with van der Waals surface area (Å²) in [4.78, 5) is 2.56. The van der Waals surface area contributed by atoms with E-state index in [9.17, 15) is 0 Å². The Morgan fingerprint density at radius 1 is 1.40 bits per heavy atom. The summed E-state index contributed by atoms with van der Waals surface area (Å²) in [7, 11) is 0. The third-order valence-electron chi connectivity index (χ3n) is 4.89. The van der Waals surface area contributed by atoms with Crippen molar-refractivity contribution < 1.29 is 4.74 Å². The maximum Gasteiger partial charge on any atom is 0.122 e. The number of hydrogen-bond donors (Lipinski definition) is 1. The van der Waals surface area contributed by atoms with E-state index in [1.807, 2.05) is 0 Å². The van der Waals surface area contributed by atoms with E-state index in [1.165, 1.54) is 36.9 Å². The fourth-order valence-electron chi connectivity index (χ4n) is 3.39. The average Bonchev–Trinajstić information content (AvgIpc) is 2.88. The molecule has 1 heterocycles. The van der Waals surface area contributed by atoms with Crippen LogP contribution in [0.1, 0.15) is 43.4 Å². The molecule has 1 atom stereocenters. The van der Waals surface area contributed by atoms with Gasteiger partial charge in [-0.15, -0.1) is 0 Å². The minimum atomic E-state index is 0.353. The quantitative estimate of drug-likeness (QED) is 0.867. The van der Waals surface area contributed by atoms with Crippen molar-refractivity contribution in [3.8, 4) is 5.75 Å². The molecule has 1 aliphatic heterocycles. The van der Waals surface area contributed by atoms with Gasteiger partial charge in [-0.05, 0) is 42.5 Å². The Morgan fingerprint density at radius 2 is 2.25 bits per heavy atom. The lowest BCUT2D eigenvalue weighted by molar-refractivity contribution is 0.141. The van der Waals surface area contributed by atoms with Crippen LogP contribution in [0.25, 0.3) is 0 Å². The van der Waals surface area contributed by atoms with Crippen molar-refractivity contribution in [3.63, 3.8) is 0 Å². The number of hydrogen-bond acceptors (Lipinski definition) is 3. The highest BCUT2D eigenvalue weighted by atomic mass is 16.5. The highest BCUT2D eigenvalue weighted by Crippen LogP contribution is 2.32. The molecular formula is C17H26N2O. The van der Waals surface area contributed by atoms with E-state index in [1.54, 1.807) is 0 Å². The van der Waals surface area contributed by atoms with E-state index in [4.69, 9.17) is 10.5 Å². The second-order valence-corrected chi connectivity index (χ2v) is 6.10. The number of rotatable bonds is 6. The average molecular weight is 274 g/mol. The van der Waals surface area contributed by atoms with Crippen LogP contribution in [-0.2, 0) is 6.42 Å². The molecular weight excluding hydrogens is 248 g/mol. The van der Waals surface area contributed by atoms with Crippen molar-refractivity contribution >= 4 is 0 Å². The maximum atomic E-state index is 6.09. The molecule has 110 valence electrons. The van der Waals surface area contributed by atoms with Gasteiger partial charge >= 0.3 is 0 Å². The van der Waals surface area contributed by atoms with Crippen molar-refractivity contribution in [2.45, 2.75) is 38.6 Å². The first-order chi connectivity index (χ1) is 9.81. The summed E-state index contributed by atoms with van der Waals surface area (Å²) in [6.45, 7) is 6.04. The number of benzene rings is 1. The van der Waals surface area contributed by atoms with Gasteiger partial charge in [-0.2, -0.15) is 0 Å². The number of likely N-dealkylation sites (N-methyl/N-ethyl adjacent to an activating group) is 1. The minimum absolute atomic E-state index is 0.353. The molecule has 3 rings (SSSR count). The van der Waals surface area contributed by atoms with E-state index in [0.717, 1.165) is 31.2 Å². The second-order valence-electron chi connectivity index (χ2n) is 6.10. The van der Waals surface area contributed by atoms with E-state index in [0.29, 0.717) is 12.6 Å². The predicted molar refractivity (Wildman–Crippen MR) is 82.0 cm³/mol. The molecule has 0 aromatic heterocycles. The fourth-order valence-corrected chi connectivity index (χ4v) is 3.39. The summed E-state index contributed by atoms with van der Waals surface area (Å²) in [6.07, 6.45) is 5.23. The summed E-state index contributed by atoms with van der Waals surface area (Å²) in [6, 6.07) is 6.98. The summed E-state index contributed by atoms with van der Waals surface area (Å²) in [5.74, 6) is 1.95. The normalized spacial score (nSPS) is 19.6. The summed E-state index contributed by atoms with van der Waals surface area (Å²) in [5.41, 5.74) is 8.80. The smallest absolute Gasteiger partial charge is 0.122 e. The lowest BCUT2D eigenvalue weighted by atomic mass is 9.84. The Hall–Kier alpha value is -1.06. The first-order valence-electron chi connectivity index (χ1n) is 8.01. The first-order valence-corrected chi connectivity index (χ1v) is 8.01. The Balaban J connectivity index is 1.76. The number of nitrogens with zero attached hydrogens (tertiary/aromatic N) is 1. The van der Waals surface area contributed by atoms with Gasteiger partial charge in [0.2, 0.25) is 0 Å². The van der Waals surface area contributed by atoms with Gasteiger partial charge in [0.25, 0.3) is 0 Å². The molecule has 2 N–H and O–H groups in total. The van der Waals surface area contributed by atoms with E-state index in [2.05, 4.69) is 30.0 Å². The van der Waals surface area contributed by atoms with Gasteiger partial charge in [-0.3, -0.25) is 4.90 Å². The lowest BCUT2D eigenvalue weighted by Crippen LogP contribution is -2.38. The molecule has 3 nitrogen and oxygen atoms in total. The standard InChI is InChI=1S/C17H26N2O/c1-2-19(12-13-4-3-5-13)16(11-18)14-6-7-17-15(10-14)8-9-20-17/h6-7,10,13,16H,2-5,8-9,11-12,18H2,1H3. The molecule has 1 fully saturated rings. The van der Waals surface area contributed by atoms with Gasteiger partial charge in [0.1, 0.15) is 5.75 Å². The number of fused-ring (bicyclic) bond motifs is 1. The Labute approximate surface area is 122 Å². The highest BCUT2D eigenvalue weighted by molar-refractivity contribution is 5.40. The van der Waals surface area contributed by atoms with E-state index >= 15 is 0 Å². The van der Waals surface area contributed by atoms with Crippen LogP contribution in [0.3, 0.4) is 0 Å². The molecule has 1 saturated carbocycles. The van der Waals surface area contributed by atoms with E-state index in [-0.39, 0.29) is 0 Å². The molecule has 0 amide bonds. The van der Waals surface area contributed by atoms with Gasteiger partial charge in [0, 0.05) is 25.6 Å². The van der Waals surface area contributed by atoms with Crippen LogP contribution in [0.4, 0.5) is 0 Å². The van der Waals surface area contributed by atoms with Crippen molar-refractivity contribution in [1.82, 2.24) is 4.90 Å². The number of ether oxygens (including phenoxy) is 1. The Kier molecular flexibility index (Phi) is 4.27. The molecule has 20 heavy (non-hydrogen) atoms. The van der Waals surface area contributed by atoms with Crippen molar-refractivity contribution in [3.05, 3.63) is 29.3 Å². The van der Waals surface area contributed by atoms with E-state index < -0.39 is 0 Å². The molecule has 3 heteroatoms. The SMILES string of the molecule is CCN(CC1CCC1)C(CN)c1ccc2c(c1)CCO2. The summed E-state index contributed by atoms with van der Waals surface area (Å²) >= 11 is 0. The van der Waals surface area contributed by atoms with Gasteiger partial charge in [0.15, 0.2) is 0 Å². The molecule has 0 spiro atoms. The molecule has 0 radical (unpaired) electrons. The van der Waals surface area contributed by atoms with Crippen LogP contribution in [0.5, 0.6) is 5.75 Å². The molecule has 0 saturated heterocycles. The van der Waals surface area contributed by atoms with Crippen molar-refractivity contribution in [2.75, 3.05) is 26.2 Å². The summed E-state index contributed by atoms with van der Waals surface area (Å²) in [5, 5.41) is 0. The van der Waals surface area contributed by atoms with Crippen LogP contribution in [-0.4, -0.2) is 31.1 Å². The molecule has 1 unspecified atom stereocenters. The predicted octanol–water partition coefficient (Wildman–Crippen LogP) is 2.74. The van der Waals surface area contributed by atoms with Gasteiger partial charge in [-0.25, -0.2) is 0 Å². The second kappa shape index (κ2) is 6.15. The Morgan fingerprint density at radius 3 is 2.90 bits per heavy atom. The van der Waals surface area contributed by atoms with Crippen molar-refractivity contribution in [1.29, 1.82) is 0 Å². The largest absolute Gasteiger partial charge is 0.493 e. The first kappa shape index (κ1) is 13.9. The Bertz CT molecular complexity index is 456. The molecule has 1 aliphatic carbocycles.